The van der Waals surface area contributed by atoms with Crippen LogP contribution in [0.3, 0.4) is 0 Å². The first-order valence-electron chi connectivity index (χ1n) is 6.63. The molecule has 0 amide bonds. The van der Waals surface area contributed by atoms with Gasteiger partial charge in [0.25, 0.3) is 0 Å². The van der Waals surface area contributed by atoms with E-state index in [0.29, 0.717) is 6.04 Å². The lowest BCUT2D eigenvalue weighted by Crippen LogP contribution is -2.39. The molecule has 0 unspecified atom stereocenters. The molecule has 0 radical (unpaired) electrons. The van der Waals surface area contributed by atoms with Gasteiger partial charge in [-0.15, -0.1) is 0 Å². The standard InChI is InChI=1S/C15H19N3/c16-14-6-9-18(10-7-14)11-13-4-1-3-12-5-2-8-17-15(12)13/h1-5,8,14H,6-7,9-11,16H2. The first kappa shape index (κ1) is 11.6. The minimum absolute atomic E-state index is 0.395. The van der Waals surface area contributed by atoms with Gasteiger partial charge in [-0.05, 0) is 37.6 Å². The summed E-state index contributed by atoms with van der Waals surface area (Å²) in [5.41, 5.74) is 8.40. The van der Waals surface area contributed by atoms with E-state index in [4.69, 9.17) is 5.73 Å². The van der Waals surface area contributed by atoms with Crippen molar-refractivity contribution in [2.75, 3.05) is 13.1 Å². The maximum atomic E-state index is 5.94. The van der Waals surface area contributed by atoms with Crippen molar-refractivity contribution in [2.45, 2.75) is 25.4 Å². The van der Waals surface area contributed by atoms with Crippen LogP contribution in [0.1, 0.15) is 18.4 Å². The van der Waals surface area contributed by atoms with Crippen LogP contribution in [0.25, 0.3) is 10.9 Å². The fourth-order valence-corrected chi connectivity index (χ4v) is 2.65. The fraction of sp³-hybridized carbons (Fsp3) is 0.400. The average Bonchev–Trinajstić information content (AvgIpc) is 2.42. The Morgan fingerprint density at radius 2 is 1.94 bits per heavy atom. The Morgan fingerprint density at radius 3 is 2.78 bits per heavy atom. The summed E-state index contributed by atoms with van der Waals surface area (Å²) < 4.78 is 0. The first-order valence-corrected chi connectivity index (χ1v) is 6.63. The van der Waals surface area contributed by atoms with Crippen molar-refractivity contribution in [3.63, 3.8) is 0 Å². The molecule has 1 aromatic heterocycles. The van der Waals surface area contributed by atoms with Crippen LogP contribution in [-0.2, 0) is 6.54 Å². The van der Waals surface area contributed by atoms with Crippen LogP contribution in [0.15, 0.2) is 36.5 Å². The minimum atomic E-state index is 0.395. The van der Waals surface area contributed by atoms with Crippen LogP contribution in [0.4, 0.5) is 0 Å². The zero-order chi connectivity index (χ0) is 12.4. The molecule has 3 heteroatoms. The summed E-state index contributed by atoms with van der Waals surface area (Å²) in [6.07, 6.45) is 4.09. The van der Waals surface area contributed by atoms with Crippen molar-refractivity contribution in [3.8, 4) is 0 Å². The predicted octanol–water partition coefficient (Wildman–Crippen LogP) is 2.16. The molecule has 1 aliphatic heterocycles. The molecule has 3 rings (SSSR count). The van der Waals surface area contributed by atoms with Gasteiger partial charge in [-0.1, -0.05) is 24.3 Å². The van der Waals surface area contributed by atoms with Crippen LogP contribution >= 0.6 is 0 Å². The van der Waals surface area contributed by atoms with Crippen LogP contribution in [0.5, 0.6) is 0 Å². The summed E-state index contributed by atoms with van der Waals surface area (Å²) in [7, 11) is 0. The molecule has 18 heavy (non-hydrogen) atoms. The quantitative estimate of drug-likeness (QED) is 0.876. The molecule has 0 bridgehead atoms. The summed E-state index contributed by atoms with van der Waals surface area (Å²) in [5, 5.41) is 1.23. The molecule has 1 saturated heterocycles. The van der Waals surface area contributed by atoms with Gasteiger partial charge in [0.2, 0.25) is 0 Å². The van der Waals surface area contributed by atoms with Gasteiger partial charge in [-0.25, -0.2) is 0 Å². The number of fused-ring (bicyclic) bond motifs is 1. The highest BCUT2D eigenvalue weighted by atomic mass is 15.1. The Hall–Kier alpha value is -1.45. The number of pyridine rings is 1. The molecule has 2 aromatic rings. The number of hydrogen-bond donors (Lipinski definition) is 1. The number of benzene rings is 1. The Labute approximate surface area is 108 Å². The number of para-hydroxylation sites is 1. The molecule has 1 fully saturated rings. The molecule has 1 aromatic carbocycles. The van der Waals surface area contributed by atoms with Gasteiger partial charge in [0.05, 0.1) is 5.52 Å². The second-order valence-corrected chi connectivity index (χ2v) is 5.11. The van der Waals surface area contributed by atoms with Gasteiger partial charge in [-0.3, -0.25) is 9.88 Å². The summed E-state index contributed by atoms with van der Waals surface area (Å²) in [6, 6.07) is 10.9. The van der Waals surface area contributed by atoms with E-state index in [0.717, 1.165) is 38.0 Å². The third-order valence-electron chi connectivity index (χ3n) is 3.74. The molecular weight excluding hydrogens is 222 g/mol. The summed E-state index contributed by atoms with van der Waals surface area (Å²) in [5.74, 6) is 0. The maximum Gasteiger partial charge on any atom is 0.0746 e. The zero-order valence-electron chi connectivity index (χ0n) is 10.5. The second kappa shape index (κ2) is 5.04. The van der Waals surface area contributed by atoms with Crippen LogP contribution in [-0.4, -0.2) is 29.0 Å². The van der Waals surface area contributed by atoms with Crippen molar-refractivity contribution in [1.82, 2.24) is 9.88 Å². The van der Waals surface area contributed by atoms with Gasteiger partial charge in [0.15, 0.2) is 0 Å². The van der Waals surface area contributed by atoms with Crippen molar-refractivity contribution < 1.29 is 0 Å². The van der Waals surface area contributed by atoms with E-state index < -0.39 is 0 Å². The van der Waals surface area contributed by atoms with E-state index in [1.54, 1.807) is 0 Å². The second-order valence-electron chi connectivity index (χ2n) is 5.11. The Balaban J connectivity index is 1.82. The molecular formula is C15H19N3. The Morgan fingerprint density at radius 1 is 1.17 bits per heavy atom. The molecule has 0 aliphatic carbocycles. The van der Waals surface area contributed by atoms with Gasteiger partial charge < -0.3 is 5.73 Å². The molecule has 2 heterocycles. The average molecular weight is 241 g/mol. The van der Waals surface area contributed by atoms with Crippen molar-refractivity contribution in [2.24, 2.45) is 5.73 Å². The van der Waals surface area contributed by atoms with Crippen molar-refractivity contribution in [3.05, 3.63) is 42.1 Å². The van der Waals surface area contributed by atoms with Gasteiger partial charge in [0.1, 0.15) is 0 Å². The van der Waals surface area contributed by atoms with Crippen molar-refractivity contribution >= 4 is 10.9 Å². The first-order chi connectivity index (χ1) is 8.83. The SMILES string of the molecule is NC1CCN(Cc2cccc3cccnc23)CC1. The molecule has 94 valence electrons. The van der Waals surface area contributed by atoms with E-state index >= 15 is 0 Å². The minimum Gasteiger partial charge on any atom is -0.328 e. The number of hydrogen-bond acceptors (Lipinski definition) is 3. The Kier molecular flexibility index (Phi) is 3.26. The van der Waals surface area contributed by atoms with Gasteiger partial charge in [-0.2, -0.15) is 0 Å². The zero-order valence-corrected chi connectivity index (χ0v) is 10.5. The highest BCUT2D eigenvalue weighted by molar-refractivity contribution is 5.81. The molecule has 0 saturated carbocycles. The number of nitrogens with two attached hydrogens (primary N) is 1. The summed E-state index contributed by atoms with van der Waals surface area (Å²) in [4.78, 5) is 6.99. The smallest absolute Gasteiger partial charge is 0.0746 e. The van der Waals surface area contributed by atoms with E-state index in [1.807, 2.05) is 12.3 Å². The monoisotopic (exact) mass is 241 g/mol. The predicted molar refractivity (Wildman–Crippen MR) is 74.2 cm³/mol. The third kappa shape index (κ3) is 2.37. The lowest BCUT2D eigenvalue weighted by molar-refractivity contribution is 0.206. The highest BCUT2D eigenvalue weighted by Gasteiger charge is 2.16. The highest BCUT2D eigenvalue weighted by Crippen LogP contribution is 2.19. The molecule has 0 atom stereocenters. The molecule has 0 spiro atoms. The van der Waals surface area contributed by atoms with E-state index in [2.05, 4.69) is 34.1 Å². The third-order valence-corrected chi connectivity index (χ3v) is 3.74. The summed E-state index contributed by atoms with van der Waals surface area (Å²) in [6.45, 7) is 3.19. The van der Waals surface area contributed by atoms with Gasteiger partial charge >= 0.3 is 0 Å². The lowest BCUT2D eigenvalue weighted by atomic mass is 10.0. The molecule has 2 N–H and O–H groups in total. The number of nitrogens with zero attached hydrogens (tertiary/aromatic N) is 2. The van der Waals surface area contributed by atoms with Crippen LogP contribution in [0.2, 0.25) is 0 Å². The number of likely N-dealkylation sites (tertiary alicyclic amines) is 1. The number of piperidine rings is 1. The van der Waals surface area contributed by atoms with Gasteiger partial charge in [0, 0.05) is 24.2 Å². The van der Waals surface area contributed by atoms with E-state index in [9.17, 15) is 0 Å². The van der Waals surface area contributed by atoms with Crippen molar-refractivity contribution in [1.29, 1.82) is 0 Å². The topological polar surface area (TPSA) is 42.1 Å². The fourth-order valence-electron chi connectivity index (χ4n) is 2.65. The van der Waals surface area contributed by atoms with E-state index in [1.165, 1.54) is 10.9 Å². The molecule has 1 aliphatic rings. The normalized spacial score (nSPS) is 18.3. The lowest BCUT2D eigenvalue weighted by Gasteiger charge is -2.30. The van der Waals surface area contributed by atoms with Crippen LogP contribution < -0.4 is 5.73 Å². The number of aromatic nitrogens is 1. The van der Waals surface area contributed by atoms with Crippen LogP contribution in [0, 0.1) is 0 Å². The largest absolute Gasteiger partial charge is 0.328 e. The maximum absolute atomic E-state index is 5.94. The Bertz CT molecular complexity index is 525. The summed E-state index contributed by atoms with van der Waals surface area (Å²) >= 11 is 0. The molecule has 3 nitrogen and oxygen atoms in total. The number of rotatable bonds is 2. The van der Waals surface area contributed by atoms with E-state index in [-0.39, 0.29) is 0 Å².